The lowest BCUT2D eigenvalue weighted by Gasteiger charge is -2.16. The Balaban J connectivity index is 2.37. The average molecular weight is 376 g/mol. The number of benzene rings is 2. The third kappa shape index (κ3) is 5.82. The van der Waals surface area contributed by atoms with E-state index in [1.807, 2.05) is 61.5 Å². The summed E-state index contributed by atoms with van der Waals surface area (Å²) in [5.74, 6) is -0.208. The minimum Gasteiger partial charge on any atom is -0.461 e. The van der Waals surface area contributed by atoms with E-state index in [0.717, 1.165) is 42.4 Å². The Kier molecular flexibility index (Phi) is 8.49. The molecular weight excluding hydrogens is 346 g/mol. The predicted molar refractivity (Wildman–Crippen MR) is 114 cm³/mol. The molecule has 0 aromatic heterocycles. The molecule has 2 aromatic carbocycles. The van der Waals surface area contributed by atoms with Crippen LogP contribution < -0.4 is 0 Å². The summed E-state index contributed by atoms with van der Waals surface area (Å²) in [6.07, 6.45) is 4.24. The van der Waals surface area contributed by atoms with Gasteiger partial charge in [-0.2, -0.15) is 5.26 Å². The van der Waals surface area contributed by atoms with Crippen LogP contribution in [0.1, 0.15) is 56.2 Å². The number of rotatable bonds is 9. The van der Waals surface area contributed by atoms with Gasteiger partial charge in [0.1, 0.15) is 11.6 Å². The highest BCUT2D eigenvalue weighted by molar-refractivity contribution is 6.05. The Hall–Kier alpha value is -2.86. The Morgan fingerprint density at radius 2 is 1.68 bits per heavy atom. The van der Waals surface area contributed by atoms with Crippen molar-refractivity contribution in [2.45, 2.75) is 46.5 Å². The fourth-order valence-electron chi connectivity index (χ4n) is 3.15. The molecule has 1 atom stereocenters. The molecule has 28 heavy (non-hydrogen) atoms. The number of nitriles is 1. The number of hydrogen-bond donors (Lipinski definition) is 0. The summed E-state index contributed by atoms with van der Waals surface area (Å²) in [4.78, 5) is 12.8. The SMILES string of the molecule is CCCCC(CC)COC(=O)C(C#N)=C(c1ccccc1)c1ccc(C)cc1. The van der Waals surface area contributed by atoms with Crippen molar-refractivity contribution in [1.29, 1.82) is 5.26 Å². The Morgan fingerprint density at radius 3 is 2.25 bits per heavy atom. The second kappa shape index (κ2) is 11.1. The van der Waals surface area contributed by atoms with Crippen LogP contribution in [-0.2, 0) is 9.53 Å². The van der Waals surface area contributed by atoms with Crippen LogP contribution in [0.25, 0.3) is 5.57 Å². The highest BCUT2D eigenvalue weighted by Crippen LogP contribution is 2.28. The first kappa shape index (κ1) is 21.4. The van der Waals surface area contributed by atoms with Crippen molar-refractivity contribution in [3.05, 3.63) is 76.9 Å². The third-order valence-corrected chi connectivity index (χ3v) is 4.96. The van der Waals surface area contributed by atoms with Crippen LogP contribution in [0.2, 0.25) is 0 Å². The van der Waals surface area contributed by atoms with Crippen molar-refractivity contribution in [3.8, 4) is 6.07 Å². The number of carbonyl (C=O) groups is 1. The van der Waals surface area contributed by atoms with Crippen LogP contribution in [0.15, 0.2) is 60.2 Å². The van der Waals surface area contributed by atoms with Gasteiger partial charge in [0, 0.05) is 5.57 Å². The minimum absolute atomic E-state index is 0.0559. The molecule has 2 aromatic rings. The molecule has 0 amide bonds. The monoisotopic (exact) mass is 375 g/mol. The Labute approximate surface area is 168 Å². The standard InChI is InChI=1S/C25H29NO2/c1-4-6-10-20(5-2)18-28-25(27)23(17-26)24(21-11-8-7-9-12-21)22-15-13-19(3)14-16-22/h7-9,11-16,20H,4-6,10,18H2,1-3H3. The highest BCUT2D eigenvalue weighted by Gasteiger charge is 2.21. The molecule has 1 unspecified atom stereocenters. The molecule has 3 heteroatoms. The summed E-state index contributed by atoms with van der Waals surface area (Å²) >= 11 is 0. The van der Waals surface area contributed by atoms with E-state index in [-0.39, 0.29) is 5.57 Å². The first-order chi connectivity index (χ1) is 13.6. The minimum atomic E-state index is -0.545. The van der Waals surface area contributed by atoms with Gasteiger partial charge in [-0.1, -0.05) is 93.3 Å². The van der Waals surface area contributed by atoms with Crippen molar-refractivity contribution in [1.82, 2.24) is 0 Å². The summed E-state index contributed by atoms with van der Waals surface area (Å²) in [6, 6.07) is 19.5. The lowest BCUT2D eigenvalue weighted by atomic mass is 9.93. The number of ether oxygens (including phenoxy) is 1. The highest BCUT2D eigenvalue weighted by atomic mass is 16.5. The second-order valence-electron chi connectivity index (χ2n) is 7.11. The van der Waals surface area contributed by atoms with E-state index < -0.39 is 5.97 Å². The van der Waals surface area contributed by atoms with E-state index in [9.17, 15) is 10.1 Å². The zero-order chi connectivity index (χ0) is 20.4. The summed E-state index contributed by atoms with van der Waals surface area (Å²) in [6.45, 7) is 6.63. The van der Waals surface area contributed by atoms with Gasteiger partial charge in [0.25, 0.3) is 0 Å². The second-order valence-corrected chi connectivity index (χ2v) is 7.11. The van der Waals surface area contributed by atoms with Gasteiger partial charge in [-0.05, 0) is 30.4 Å². The molecule has 0 saturated carbocycles. The summed E-state index contributed by atoms with van der Waals surface area (Å²) < 4.78 is 5.57. The van der Waals surface area contributed by atoms with Crippen LogP contribution in [0.4, 0.5) is 0 Å². The van der Waals surface area contributed by atoms with Crippen LogP contribution in [0, 0.1) is 24.2 Å². The number of nitrogens with zero attached hydrogens (tertiary/aromatic N) is 1. The number of aryl methyl sites for hydroxylation is 1. The maximum Gasteiger partial charge on any atom is 0.349 e. The van der Waals surface area contributed by atoms with Crippen LogP contribution in [0.5, 0.6) is 0 Å². The summed E-state index contributed by atoms with van der Waals surface area (Å²) in [7, 11) is 0. The van der Waals surface area contributed by atoms with Crippen LogP contribution in [-0.4, -0.2) is 12.6 Å². The molecule has 2 rings (SSSR count). The van der Waals surface area contributed by atoms with Gasteiger partial charge in [-0.3, -0.25) is 0 Å². The number of unbranched alkanes of at least 4 members (excludes halogenated alkanes) is 1. The van der Waals surface area contributed by atoms with Gasteiger partial charge in [0.05, 0.1) is 6.61 Å². The quantitative estimate of drug-likeness (QED) is 0.303. The number of hydrogen-bond acceptors (Lipinski definition) is 3. The molecule has 0 aliphatic rings. The van der Waals surface area contributed by atoms with E-state index in [0.29, 0.717) is 18.1 Å². The first-order valence-electron chi connectivity index (χ1n) is 10.0. The molecular formula is C25H29NO2. The fourth-order valence-corrected chi connectivity index (χ4v) is 3.15. The van der Waals surface area contributed by atoms with Crippen LogP contribution in [0.3, 0.4) is 0 Å². The molecule has 146 valence electrons. The van der Waals surface area contributed by atoms with Crippen molar-refractivity contribution < 1.29 is 9.53 Å². The lowest BCUT2D eigenvalue weighted by molar-refractivity contribution is -0.139. The topological polar surface area (TPSA) is 50.1 Å². The largest absolute Gasteiger partial charge is 0.461 e. The zero-order valence-electron chi connectivity index (χ0n) is 17.1. The van der Waals surface area contributed by atoms with E-state index in [1.165, 1.54) is 0 Å². The van der Waals surface area contributed by atoms with Gasteiger partial charge in [0.2, 0.25) is 0 Å². The first-order valence-corrected chi connectivity index (χ1v) is 10.0. The van der Waals surface area contributed by atoms with Gasteiger partial charge in [-0.25, -0.2) is 4.79 Å². The van der Waals surface area contributed by atoms with E-state index in [2.05, 4.69) is 19.9 Å². The number of carbonyl (C=O) groups excluding carboxylic acids is 1. The molecule has 0 spiro atoms. The molecule has 0 fully saturated rings. The molecule has 0 N–H and O–H groups in total. The summed E-state index contributed by atoms with van der Waals surface area (Å²) in [5.41, 5.74) is 3.47. The van der Waals surface area contributed by atoms with E-state index in [4.69, 9.17) is 4.74 Å². The van der Waals surface area contributed by atoms with Gasteiger partial charge >= 0.3 is 5.97 Å². The molecule has 0 heterocycles. The average Bonchev–Trinajstić information content (AvgIpc) is 2.73. The predicted octanol–water partition coefficient (Wildman–Crippen LogP) is 6.08. The molecule has 0 bridgehead atoms. The van der Waals surface area contributed by atoms with Gasteiger partial charge in [0.15, 0.2) is 0 Å². The fraction of sp³-hybridized carbons (Fsp3) is 0.360. The molecule has 0 saturated heterocycles. The normalized spacial score (nSPS) is 12.6. The molecule has 0 aliphatic heterocycles. The smallest absolute Gasteiger partial charge is 0.349 e. The lowest BCUT2D eigenvalue weighted by Crippen LogP contribution is -2.16. The third-order valence-electron chi connectivity index (χ3n) is 4.96. The van der Waals surface area contributed by atoms with Gasteiger partial charge < -0.3 is 4.74 Å². The maximum atomic E-state index is 12.8. The number of esters is 1. The van der Waals surface area contributed by atoms with Gasteiger partial charge in [-0.15, -0.1) is 0 Å². The maximum absolute atomic E-state index is 12.8. The Bertz CT molecular complexity index is 829. The van der Waals surface area contributed by atoms with E-state index in [1.54, 1.807) is 0 Å². The van der Waals surface area contributed by atoms with E-state index >= 15 is 0 Å². The van der Waals surface area contributed by atoms with Crippen molar-refractivity contribution in [2.24, 2.45) is 5.92 Å². The van der Waals surface area contributed by atoms with Crippen molar-refractivity contribution in [2.75, 3.05) is 6.61 Å². The molecule has 3 nitrogen and oxygen atoms in total. The molecule has 0 aliphatic carbocycles. The van der Waals surface area contributed by atoms with Crippen LogP contribution >= 0.6 is 0 Å². The molecule has 0 radical (unpaired) electrons. The summed E-state index contributed by atoms with van der Waals surface area (Å²) in [5, 5.41) is 9.80. The Morgan fingerprint density at radius 1 is 1.04 bits per heavy atom. The van der Waals surface area contributed by atoms with Crippen molar-refractivity contribution in [3.63, 3.8) is 0 Å². The van der Waals surface area contributed by atoms with Crippen molar-refractivity contribution >= 4 is 11.5 Å². The zero-order valence-corrected chi connectivity index (χ0v) is 17.1.